The van der Waals surface area contributed by atoms with Crippen molar-refractivity contribution in [1.82, 2.24) is 10.2 Å². The molecule has 28 heavy (non-hydrogen) atoms. The smallest absolute Gasteiger partial charge is 0.312 e. The van der Waals surface area contributed by atoms with Gasteiger partial charge in [-0.15, -0.1) is 0 Å². The number of nitrogens with zero attached hydrogens (tertiary/aromatic N) is 1. The number of likely N-dealkylation sites (N-methyl/N-ethyl adjacent to an activating group) is 1. The third-order valence-electron chi connectivity index (χ3n) is 4.34. The Kier molecular flexibility index (Phi) is 6.76. The fourth-order valence-corrected chi connectivity index (χ4v) is 3.02. The highest BCUT2D eigenvalue weighted by Crippen LogP contribution is 2.21. The second-order valence-electron chi connectivity index (χ2n) is 6.90. The highest BCUT2D eigenvalue weighted by Gasteiger charge is 2.16. The van der Waals surface area contributed by atoms with Crippen LogP contribution in [0.3, 0.4) is 0 Å². The van der Waals surface area contributed by atoms with Gasteiger partial charge in [-0.05, 0) is 49.6 Å². The summed E-state index contributed by atoms with van der Waals surface area (Å²) in [5.74, 6) is -0.518. The van der Waals surface area contributed by atoms with Crippen molar-refractivity contribution in [3.05, 3.63) is 64.2 Å². The Labute approximate surface area is 164 Å². The number of amides is 4. The molecule has 0 spiro atoms. The Morgan fingerprint density at radius 1 is 1.00 bits per heavy atom. The molecule has 0 aliphatic carbocycles. The molecule has 4 N–H and O–H groups in total. The molecule has 0 saturated heterocycles. The lowest BCUT2D eigenvalue weighted by Gasteiger charge is -2.18. The summed E-state index contributed by atoms with van der Waals surface area (Å²) in [6, 6.07) is 10.2. The molecule has 0 fully saturated rings. The predicted molar refractivity (Wildman–Crippen MR) is 109 cm³/mol. The summed E-state index contributed by atoms with van der Waals surface area (Å²) < 4.78 is 0. The summed E-state index contributed by atoms with van der Waals surface area (Å²) in [4.78, 5) is 37.0. The minimum absolute atomic E-state index is 0.0590. The van der Waals surface area contributed by atoms with E-state index in [1.54, 1.807) is 31.3 Å². The first-order valence-electron chi connectivity index (χ1n) is 8.92. The quantitative estimate of drug-likeness (QED) is 0.715. The molecular weight excluding hydrogens is 356 g/mol. The van der Waals surface area contributed by atoms with Gasteiger partial charge < -0.3 is 21.3 Å². The summed E-state index contributed by atoms with van der Waals surface area (Å²) in [6.45, 7) is 6.12. The zero-order valence-electron chi connectivity index (χ0n) is 16.6. The summed E-state index contributed by atoms with van der Waals surface area (Å²) in [6.07, 6.45) is 0. The number of urea groups is 1. The van der Waals surface area contributed by atoms with E-state index in [1.807, 2.05) is 32.9 Å². The van der Waals surface area contributed by atoms with Crippen molar-refractivity contribution in [3.8, 4) is 0 Å². The zero-order chi connectivity index (χ0) is 20.8. The van der Waals surface area contributed by atoms with Crippen LogP contribution in [0.15, 0.2) is 36.4 Å². The van der Waals surface area contributed by atoms with E-state index in [-0.39, 0.29) is 24.9 Å². The van der Waals surface area contributed by atoms with Crippen molar-refractivity contribution in [3.63, 3.8) is 0 Å². The van der Waals surface area contributed by atoms with Crippen LogP contribution in [0, 0.1) is 20.8 Å². The zero-order valence-corrected chi connectivity index (χ0v) is 16.6. The number of hydrogen-bond acceptors (Lipinski definition) is 3. The summed E-state index contributed by atoms with van der Waals surface area (Å²) in [5.41, 5.74) is 10.2. The maximum Gasteiger partial charge on any atom is 0.312 e. The lowest BCUT2D eigenvalue weighted by atomic mass is 10.1. The van der Waals surface area contributed by atoms with Crippen LogP contribution in [-0.2, 0) is 11.3 Å². The van der Waals surface area contributed by atoms with E-state index in [0.29, 0.717) is 5.56 Å². The van der Waals surface area contributed by atoms with E-state index in [2.05, 4.69) is 10.6 Å². The van der Waals surface area contributed by atoms with Gasteiger partial charge in [0.25, 0.3) is 5.91 Å². The number of nitrogens with one attached hydrogen (secondary N) is 2. The van der Waals surface area contributed by atoms with E-state index in [0.717, 1.165) is 27.9 Å². The van der Waals surface area contributed by atoms with Gasteiger partial charge in [-0.2, -0.15) is 0 Å². The van der Waals surface area contributed by atoms with Crippen LogP contribution in [0.1, 0.15) is 32.6 Å². The van der Waals surface area contributed by atoms with Crippen molar-refractivity contribution in [2.45, 2.75) is 27.3 Å². The SMILES string of the molecule is Cc1cc(C)c(NC(=O)CN(C)C(=O)c2ccc(CNC(N)=O)cc2)c(C)c1. The maximum atomic E-state index is 12.5. The molecule has 7 nitrogen and oxygen atoms in total. The molecule has 0 heterocycles. The van der Waals surface area contributed by atoms with Gasteiger partial charge in [-0.3, -0.25) is 9.59 Å². The molecule has 0 atom stereocenters. The lowest BCUT2D eigenvalue weighted by Crippen LogP contribution is -2.35. The molecule has 0 aliphatic rings. The topological polar surface area (TPSA) is 105 Å². The van der Waals surface area contributed by atoms with Gasteiger partial charge in [0, 0.05) is 24.8 Å². The first-order chi connectivity index (χ1) is 13.2. The minimum Gasteiger partial charge on any atom is -0.352 e. The van der Waals surface area contributed by atoms with Crippen molar-refractivity contribution >= 4 is 23.5 Å². The number of hydrogen-bond donors (Lipinski definition) is 3. The van der Waals surface area contributed by atoms with Crippen LogP contribution < -0.4 is 16.4 Å². The van der Waals surface area contributed by atoms with E-state index in [9.17, 15) is 14.4 Å². The Balaban J connectivity index is 1.98. The van der Waals surface area contributed by atoms with Crippen LogP contribution in [0.4, 0.5) is 10.5 Å². The largest absolute Gasteiger partial charge is 0.352 e. The third kappa shape index (κ3) is 5.57. The minimum atomic E-state index is -0.607. The van der Waals surface area contributed by atoms with Crippen LogP contribution in [0.5, 0.6) is 0 Å². The lowest BCUT2D eigenvalue weighted by molar-refractivity contribution is -0.116. The molecular formula is C21H26N4O3. The molecule has 2 aromatic rings. The third-order valence-corrected chi connectivity index (χ3v) is 4.34. The molecule has 0 saturated carbocycles. The second-order valence-corrected chi connectivity index (χ2v) is 6.90. The molecule has 4 amide bonds. The van der Waals surface area contributed by atoms with Crippen LogP contribution in [-0.4, -0.2) is 36.3 Å². The van der Waals surface area contributed by atoms with Crippen molar-refractivity contribution in [1.29, 1.82) is 0 Å². The van der Waals surface area contributed by atoms with Crippen LogP contribution in [0.25, 0.3) is 0 Å². The summed E-state index contributed by atoms with van der Waals surface area (Å²) in [7, 11) is 1.58. The van der Waals surface area contributed by atoms with Gasteiger partial charge in [0.15, 0.2) is 0 Å². The highest BCUT2D eigenvalue weighted by atomic mass is 16.2. The Morgan fingerprint density at radius 3 is 2.11 bits per heavy atom. The fraction of sp³-hybridized carbons (Fsp3) is 0.286. The number of anilines is 1. The number of carbonyl (C=O) groups excluding carboxylic acids is 3. The molecule has 0 aromatic heterocycles. The molecule has 148 valence electrons. The molecule has 0 aliphatic heterocycles. The molecule has 2 aromatic carbocycles. The first-order valence-corrected chi connectivity index (χ1v) is 8.92. The number of aryl methyl sites for hydroxylation is 3. The number of benzene rings is 2. The normalized spacial score (nSPS) is 10.3. The maximum absolute atomic E-state index is 12.5. The highest BCUT2D eigenvalue weighted by molar-refractivity contribution is 5.99. The number of nitrogens with two attached hydrogens (primary N) is 1. The molecule has 0 unspecified atom stereocenters. The van der Waals surface area contributed by atoms with Crippen molar-refractivity contribution < 1.29 is 14.4 Å². The molecule has 7 heteroatoms. The average molecular weight is 382 g/mol. The number of rotatable bonds is 6. The van der Waals surface area contributed by atoms with Gasteiger partial charge in [0.1, 0.15) is 0 Å². The molecule has 2 rings (SSSR count). The average Bonchev–Trinajstić information content (AvgIpc) is 2.62. The van der Waals surface area contributed by atoms with E-state index < -0.39 is 6.03 Å². The summed E-state index contributed by atoms with van der Waals surface area (Å²) in [5, 5.41) is 5.38. The second kappa shape index (κ2) is 9.03. The van der Waals surface area contributed by atoms with Crippen molar-refractivity contribution in [2.24, 2.45) is 5.73 Å². The van der Waals surface area contributed by atoms with Gasteiger partial charge >= 0.3 is 6.03 Å². The Morgan fingerprint density at radius 2 is 1.57 bits per heavy atom. The van der Waals surface area contributed by atoms with E-state index in [1.165, 1.54) is 4.90 Å². The predicted octanol–water partition coefficient (Wildman–Crippen LogP) is 2.49. The van der Waals surface area contributed by atoms with E-state index in [4.69, 9.17) is 5.73 Å². The van der Waals surface area contributed by atoms with Gasteiger partial charge in [0.2, 0.25) is 5.91 Å². The Hall–Kier alpha value is -3.35. The van der Waals surface area contributed by atoms with E-state index >= 15 is 0 Å². The molecule has 0 radical (unpaired) electrons. The van der Waals surface area contributed by atoms with Crippen LogP contribution in [0.2, 0.25) is 0 Å². The van der Waals surface area contributed by atoms with Gasteiger partial charge in [-0.1, -0.05) is 29.8 Å². The number of carbonyl (C=O) groups is 3. The van der Waals surface area contributed by atoms with Gasteiger partial charge in [-0.25, -0.2) is 4.79 Å². The summed E-state index contributed by atoms with van der Waals surface area (Å²) >= 11 is 0. The Bertz CT molecular complexity index is 868. The van der Waals surface area contributed by atoms with Crippen molar-refractivity contribution in [2.75, 3.05) is 18.9 Å². The fourth-order valence-electron chi connectivity index (χ4n) is 3.02. The number of primary amides is 1. The van der Waals surface area contributed by atoms with Gasteiger partial charge in [0.05, 0.1) is 6.54 Å². The molecule has 0 bridgehead atoms. The van der Waals surface area contributed by atoms with Crippen LogP contribution >= 0.6 is 0 Å². The first kappa shape index (κ1) is 21.0. The monoisotopic (exact) mass is 382 g/mol. The standard InChI is InChI=1S/C21H26N4O3/c1-13-9-14(2)19(15(3)10-13)24-18(26)12-25(4)20(27)17-7-5-16(6-8-17)11-23-21(22)28/h5-10H,11-12H2,1-4H3,(H,24,26)(H3,22,23,28).